The van der Waals surface area contributed by atoms with E-state index >= 15 is 0 Å². The van der Waals surface area contributed by atoms with E-state index in [-0.39, 0.29) is 0 Å². The molecule has 0 bridgehead atoms. The Morgan fingerprint density at radius 1 is 1.33 bits per heavy atom. The van der Waals surface area contributed by atoms with E-state index in [9.17, 15) is 0 Å². The van der Waals surface area contributed by atoms with Gasteiger partial charge >= 0.3 is 0 Å². The van der Waals surface area contributed by atoms with Crippen molar-refractivity contribution in [2.24, 2.45) is 5.73 Å². The van der Waals surface area contributed by atoms with Crippen LogP contribution in [0, 0.1) is 0 Å². The molecule has 1 nitrogen and oxygen atoms in total. The number of hydrogen-bond donors (Lipinski definition) is 1. The summed E-state index contributed by atoms with van der Waals surface area (Å²) in [5.41, 5.74) is 7.89. The highest BCUT2D eigenvalue weighted by Gasteiger charge is 1.90. The largest absolute Gasteiger partial charge is 0.402 e. The van der Waals surface area contributed by atoms with Gasteiger partial charge in [0.15, 0.2) is 0 Å². The Balaban J connectivity index is 3.50. The third-order valence-corrected chi connectivity index (χ3v) is 1.58. The van der Waals surface area contributed by atoms with Crippen LogP contribution in [-0.4, -0.2) is 0 Å². The summed E-state index contributed by atoms with van der Waals surface area (Å²) in [6, 6.07) is 0. The highest BCUT2D eigenvalue weighted by molar-refractivity contribution is 5.04. The summed E-state index contributed by atoms with van der Waals surface area (Å²) in [4.78, 5) is 0. The lowest BCUT2D eigenvalue weighted by Gasteiger charge is -2.00. The predicted molar refractivity (Wildman–Crippen MR) is 42.1 cm³/mol. The van der Waals surface area contributed by atoms with Gasteiger partial charge in [-0.1, -0.05) is 18.9 Å². The standard InChI is InChI=1S/C8H17N/c1-4-5-6-7(2)8(3)9/h4-6,9H2,1-3H3. The van der Waals surface area contributed by atoms with Crippen molar-refractivity contribution in [1.82, 2.24) is 0 Å². The Bertz CT molecular complexity index is 99.1. The molecule has 0 fully saturated rings. The third-order valence-electron chi connectivity index (χ3n) is 1.58. The lowest BCUT2D eigenvalue weighted by molar-refractivity contribution is 0.779. The summed E-state index contributed by atoms with van der Waals surface area (Å²) < 4.78 is 0. The molecule has 0 aromatic carbocycles. The Kier molecular flexibility index (Phi) is 4.20. The zero-order valence-electron chi connectivity index (χ0n) is 6.70. The van der Waals surface area contributed by atoms with E-state index in [1.807, 2.05) is 6.92 Å². The van der Waals surface area contributed by atoms with Crippen molar-refractivity contribution in [3.05, 3.63) is 11.3 Å². The van der Waals surface area contributed by atoms with E-state index in [0.29, 0.717) is 0 Å². The molecule has 0 saturated heterocycles. The van der Waals surface area contributed by atoms with Crippen molar-refractivity contribution < 1.29 is 0 Å². The Morgan fingerprint density at radius 3 is 2.22 bits per heavy atom. The molecule has 0 radical (unpaired) electrons. The number of allylic oxidation sites excluding steroid dienone is 2. The van der Waals surface area contributed by atoms with Gasteiger partial charge in [-0.05, 0) is 26.7 Å². The number of rotatable bonds is 3. The van der Waals surface area contributed by atoms with Crippen molar-refractivity contribution in [2.45, 2.75) is 40.0 Å². The predicted octanol–water partition coefficient (Wildman–Crippen LogP) is 2.43. The molecule has 9 heavy (non-hydrogen) atoms. The van der Waals surface area contributed by atoms with Gasteiger partial charge in [0.05, 0.1) is 0 Å². The van der Waals surface area contributed by atoms with Gasteiger partial charge < -0.3 is 5.73 Å². The molecule has 0 rings (SSSR count). The van der Waals surface area contributed by atoms with Gasteiger partial charge in [-0.2, -0.15) is 0 Å². The van der Waals surface area contributed by atoms with Gasteiger partial charge in [-0.15, -0.1) is 0 Å². The van der Waals surface area contributed by atoms with E-state index in [2.05, 4.69) is 13.8 Å². The summed E-state index contributed by atoms with van der Waals surface area (Å²) in [5, 5.41) is 0. The summed E-state index contributed by atoms with van der Waals surface area (Å²) >= 11 is 0. The molecule has 0 aliphatic rings. The number of nitrogens with two attached hydrogens (primary N) is 1. The minimum Gasteiger partial charge on any atom is -0.402 e. The SMILES string of the molecule is CCCCC(C)=C(C)N. The Morgan fingerprint density at radius 2 is 1.89 bits per heavy atom. The molecule has 0 heterocycles. The third kappa shape index (κ3) is 4.07. The topological polar surface area (TPSA) is 26.0 Å². The minimum atomic E-state index is 0.989. The molecule has 0 aromatic heterocycles. The van der Waals surface area contributed by atoms with Gasteiger partial charge in [-0.3, -0.25) is 0 Å². The first-order chi connectivity index (χ1) is 4.18. The summed E-state index contributed by atoms with van der Waals surface area (Å²) in [6.45, 7) is 6.26. The van der Waals surface area contributed by atoms with E-state index in [1.165, 1.54) is 24.8 Å². The fourth-order valence-electron chi connectivity index (χ4n) is 0.639. The van der Waals surface area contributed by atoms with Crippen LogP contribution in [0.5, 0.6) is 0 Å². The monoisotopic (exact) mass is 127 g/mol. The molecule has 0 spiro atoms. The van der Waals surface area contributed by atoms with Crippen LogP contribution in [0.2, 0.25) is 0 Å². The van der Waals surface area contributed by atoms with Crippen molar-refractivity contribution in [1.29, 1.82) is 0 Å². The first-order valence-corrected chi connectivity index (χ1v) is 3.60. The molecule has 0 aliphatic carbocycles. The Hall–Kier alpha value is -0.460. The average Bonchev–Trinajstić information content (AvgIpc) is 1.82. The fourth-order valence-corrected chi connectivity index (χ4v) is 0.639. The van der Waals surface area contributed by atoms with Gasteiger partial charge in [0.1, 0.15) is 0 Å². The summed E-state index contributed by atoms with van der Waals surface area (Å²) in [7, 11) is 0. The zero-order chi connectivity index (χ0) is 7.28. The normalized spacial score (nSPS) is 13.2. The van der Waals surface area contributed by atoms with Crippen molar-refractivity contribution in [3.8, 4) is 0 Å². The molecule has 0 saturated carbocycles. The molecule has 1 heteroatoms. The van der Waals surface area contributed by atoms with Gasteiger partial charge in [0.2, 0.25) is 0 Å². The molecule has 0 atom stereocenters. The van der Waals surface area contributed by atoms with Gasteiger partial charge in [0, 0.05) is 5.70 Å². The van der Waals surface area contributed by atoms with Crippen LogP contribution in [0.1, 0.15) is 40.0 Å². The van der Waals surface area contributed by atoms with Crippen LogP contribution in [0.4, 0.5) is 0 Å². The second-order valence-electron chi connectivity index (χ2n) is 2.57. The second-order valence-corrected chi connectivity index (χ2v) is 2.57. The molecule has 0 unspecified atom stereocenters. The lowest BCUT2D eigenvalue weighted by atomic mass is 10.1. The smallest absolute Gasteiger partial charge is 0.00379 e. The maximum atomic E-state index is 5.56. The summed E-state index contributed by atoms with van der Waals surface area (Å²) in [6.07, 6.45) is 3.68. The zero-order valence-corrected chi connectivity index (χ0v) is 6.70. The first-order valence-electron chi connectivity index (χ1n) is 3.60. The van der Waals surface area contributed by atoms with E-state index < -0.39 is 0 Å². The number of unbranched alkanes of at least 4 members (excludes halogenated alkanes) is 1. The van der Waals surface area contributed by atoms with Crippen LogP contribution >= 0.6 is 0 Å². The number of hydrogen-bond acceptors (Lipinski definition) is 1. The molecule has 0 amide bonds. The maximum absolute atomic E-state index is 5.56. The van der Waals surface area contributed by atoms with Crippen LogP contribution in [0.15, 0.2) is 11.3 Å². The maximum Gasteiger partial charge on any atom is 0.00379 e. The van der Waals surface area contributed by atoms with Gasteiger partial charge in [-0.25, -0.2) is 0 Å². The molecular weight excluding hydrogens is 110 g/mol. The fraction of sp³-hybridized carbons (Fsp3) is 0.750. The van der Waals surface area contributed by atoms with Crippen molar-refractivity contribution in [3.63, 3.8) is 0 Å². The van der Waals surface area contributed by atoms with E-state index in [4.69, 9.17) is 5.73 Å². The second kappa shape index (κ2) is 4.42. The van der Waals surface area contributed by atoms with E-state index in [0.717, 1.165) is 5.70 Å². The van der Waals surface area contributed by atoms with Crippen LogP contribution in [0.25, 0.3) is 0 Å². The molecule has 0 aromatic rings. The quantitative estimate of drug-likeness (QED) is 0.619. The molecule has 54 valence electrons. The van der Waals surface area contributed by atoms with Gasteiger partial charge in [0.25, 0.3) is 0 Å². The summed E-state index contributed by atoms with van der Waals surface area (Å²) in [5.74, 6) is 0. The highest BCUT2D eigenvalue weighted by Crippen LogP contribution is 2.07. The van der Waals surface area contributed by atoms with Crippen molar-refractivity contribution >= 4 is 0 Å². The minimum absolute atomic E-state index is 0.989. The highest BCUT2D eigenvalue weighted by atomic mass is 14.6. The van der Waals surface area contributed by atoms with E-state index in [1.54, 1.807) is 0 Å². The molecule has 0 aliphatic heterocycles. The molecular formula is C8H17N. The van der Waals surface area contributed by atoms with Crippen LogP contribution < -0.4 is 5.73 Å². The molecule has 2 N–H and O–H groups in total. The first kappa shape index (κ1) is 8.54. The average molecular weight is 127 g/mol. The van der Waals surface area contributed by atoms with Crippen molar-refractivity contribution in [2.75, 3.05) is 0 Å². The van der Waals surface area contributed by atoms with Crippen LogP contribution in [-0.2, 0) is 0 Å². The lowest BCUT2D eigenvalue weighted by Crippen LogP contribution is -1.95. The van der Waals surface area contributed by atoms with Crippen LogP contribution in [0.3, 0.4) is 0 Å². The Labute approximate surface area is 57.9 Å².